The minimum absolute atomic E-state index is 0.0346. The van der Waals surface area contributed by atoms with Gasteiger partial charge in [0.2, 0.25) is 5.91 Å². The van der Waals surface area contributed by atoms with E-state index in [2.05, 4.69) is 20.5 Å². The third-order valence-corrected chi connectivity index (χ3v) is 6.10. The first kappa shape index (κ1) is 25.2. The molecule has 1 fully saturated rings. The molecule has 36 heavy (non-hydrogen) atoms. The average molecular weight is 499 g/mol. The lowest BCUT2D eigenvalue weighted by atomic mass is 9.91. The maximum absolute atomic E-state index is 14.2. The molecule has 3 aromatic rings. The molecule has 1 unspecified atom stereocenters. The van der Waals surface area contributed by atoms with E-state index < -0.39 is 17.7 Å². The van der Waals surface area contributed by atoms with Crippen molar-refractivity contribution in [3.05, 3.63) is 83.8 Å². The molecule has 1 N–H and O–H groups in total. The summed E-state index contributed by atoms with van der Waals surface area (Å²) in [6.07, 6.45) is -2.88. The Kier molecular flexibility index (Phi) is 7.30. The van der Waals surface area contributed by atoms with E-state index in [-0.39, 0.29) is 42.7 Å². The Labute approximate surface area is 205 Å². The largest absolute Gasteiger partial charge is 0.430 e. The highest BCUT2D eigenvalue weighted by atomic mass is 19.4. The number of amides is 2. The third-order valence-electron chi connectivity index (χ3n) is 6.10. The van der Waals surface area contributed by atoms with Crippen molar-refractivity contribution in [1.29, 1.82) is 0 Å². The molecule has 188 valence electrons. The van der Waals surface area contributed by atoms with Crippen LogP contribution in [0.15, 0.2) is 66.9 Å². The predicted molar refractivity (Wildman–Crippen MR) is 124 cm³/mol. The summed E-state index contributed by atoms with van der Waals surface area (Å²) >= 11 is 0. The van der Waals surface area contributed by atoms with Crippen LogP contribution in [0.1, 0.15) is 29.3 Å². The summed E-state index contributed by atoms with van der Waals surface area (Å²) < 4.78 is 47.6. The minimum Gasteiger partial charge on any atom is -0.356 e. The zero-order chi connectivity index (χ0) is 25.8. The van der Waals surface area contributed by atoms with Crippen molar-refractivity contribution in [3.8, 4) is 0 Å². The number of aromatic nitrogens is 3. The molecule has 11 heteroatoms. The maximum atomic E-state index is 14.2. The Balaban J connectivity index is 1.44. The molecular formula is C25H24F3N5O3. The Hall–Kier alpha value is -3.86. The molecular weight excluding hydrogens is 475 g/mol. The molecule has 0 bridgehead atoms. The zero-order valence-electron chi connectivity index (χ0n) is 19.4. The first-order chi connectivity index (χ1) is 17.2. The second kappa shape index (κ2) is 10.4. The van der Waals surface area contributed by atoms with Gasteiger partial charge in [0.1, 0.15) is 0 Å². The molecule has 3 heterocycles. The molecule has 0 aliphatic carbocycles. The number of likely N-dealkylation sites (tertiary alicyclic amines) is 1. The van der Waals surface area contributed by atoms with E-state index in [1.807, 2.05) is 0 Å². The van der Waals surface area contributed by atoms with E-state index in [9.17, 15) is 22.8 Å². The number of alkyl halides is 3. The topological polar surface area (TPSA) is 97.3 Å². The zero-order valence-corrected chi connectivity index (χ0v) is 19.4. The first-order valence-corrected chi connectivity index (χ1v) is 11.2. The summed E-state index contributed by atoms with van der Waals surface area (Å²) in [4.78, 5) is 30.7. The number of hydrogen-bond acceptors (Lipinski definition) is 6. The number of nitrogens with one attached hydrogen (secondary N) is 1. The second-order valence-corrected chi connectivity index (χ2v) is 8.38. The first-order valence-electron chi connectivity index (χ1n) is 11.2. The lowest BCUT2D eigenvalue weighted by Crippen LogP contribution is -2.56. The van der Waals surface area contributed by atoms with E-state index in [0.717, 1.165) is 12.0 Å². The summed E-state index contributed by atoms with van der Waals surface area (Å²) in [7, 11) is 0.887. The Morgan fingerprint density at radius 1 is 1.06 bits per heavy atom. The van der Waals surface area contributed by atoms with Gasteiger partial charge < -0.3 is 15.0 Å². The van der Waals surface area contributed by atoms with Crippen LogP contribution in [0.2, 0.25) is 0 Å². The van der Waals surface area contributed by atoms with Crippen LogP contribution in [0, 0.1) is 0 Å². The fraction of sp³-hybridized carbons (Fsp3) is 0.320. The van der Waals surface area contributed by atoms with Gasteiger partial charge in [-0.15, -0.1) is 5.10 Å². The molecule has 0 saturated carbocycles. The van der Waals surface area contributed by atoms with Crippen molar-refractivity contribution in [2.24, 2.45) is 0 Å². The van der Waals surface area contributed by atoms with Crippen LogP contribution in [0.4, 0.5) is 19.0 Å². The lowest BCUT2D eigenvalue weighted by molar-refractivity contribution is -0.270. The summed E-state index contributed by atoms with van der Waals surface area (Å²) in [5.74, 6) is -1.54. The van der Waals surface area contributed by atoms with Gasteiger partial charge in [0.25, 0.3) is 11.5 Å². The van der Waals surface area contributed by atoms with Gasteiger partial charge in [-0.05, 0) is 30.7 Å². The molecule has 2 aromatic heterocycles. The number of nitrogens with zero attached hydrogens (tertiary/aromatic N) is 4. The van der Waals surface area contributed by atoms with Crippen molar-refractivity contribution in [3.63, 3.8) is 0 Å². The second-order valence-electron chi connectivity index (χ2n) is 8.38. The molecule has 2 atom stereocenters. The van der Waals surface area contributed by atoms with Crippen LogP contribution in [-0.4, -0.2) is 58.3 Å². The molecule has 0 radical (unpaired) electrons. The maximum Gasteiger partial charge on any atom is 0.430 e. The Bertz CT molecular complexity index is 1190. The molecule has 2 amide bonds. The normalized spacial score (nSPS) is 17.4. The van der Waals surface area contributed by atoms with Crippen LogP contribution in [0.3, 0.4) is 0 Å². The molecule has 1 aliphatic heterocycles. The number of carbonyl (C=O) groups is 2. The number of benzene rings is 1. The Morgan fingerprint density at radius 2 is 1.81 bits per heavy atom. The SMILES string of the molecule is COC(C(=O)N1CC[C@@H](c2ccc(NC(=O)Cc3ccccn3)nn2)C1)(c1ccccc1)C(F)(F)F. The van der Waals surface area contributed by atoms with E-state index in [1.54, 1.807) is 42.6 Å². The van der Waals surface area contributed by atoms with Gasteiger partial charge in [-0.25, -0.2) is 0 Å². The van der Waals surface area contributed by atoms with Gasteiger partial charge in [0.05, 0.1) is 12.1 Å². The molecule has 1 saturated heterocycles. The van der Waals surface area contributed by atoms with Crippen molar-refractivity contribution < 1.29 is 27.5 Å². The van der Waals surface area contributed by atoms with Crippen LogP contribution in [0.5, 0.6) is 0 Å². The highest BCUT2D eigenvalue weighted by Crippen LogP contribution is 2.44. The van der Waals surface area contributed by atoms with Gasteiger partial charge >= 0.3 is 6.18 Å². The fourth-order valence-electron chi connectivity index (χ4n) is 4.29. The number of rotatable bonds is 7. The van der Waals surface area contributed by atoms with Gasteiger partial charge in [-0.1, -0.05) is 36.4 Å². The minimum atomic E-state index is -4.97. The highest BCUT2D eigenvalue weighted by Gasteiger charge is 2.64. The average Bonchev–Trinajstić information content (AvgIpc) is 3.36. The lowest BCUT2D eigenvalue weighted by Gasteiger charge is -2.36. The quantitative estimate of drug-likeness (QED) is 0.535. The van der Waals surface area contributed by atoms with E-state index in [0.29, 0.717) is 17.8 Å². The number of methoxy groups -OCH3 is 1. The van der Waals surface area contributed by atoms with Crippen LogP contribution < -0.4 is 5.32 Å². The van der Waals surface area contributed by atoms with E-state index in [1.165, 1.54) is 24.3 Å². The van der Waals surface area contributed by atoms with Crippen LogP contribution in [-0.2, 0) is 26.3 Å². The van der Waals surface area contributed by atoms with E-state index >= 15 is 0 Å². The van der Waals surface area contributed by atoms with Gasteiger partial charge in [-0.2, -0.15) is 18.3 Å². The summed E-state index contributed by atoms with van der Waals surface area (Å²) in [5.41, 5.74) is -2.25. The van der Waals surface area contributed by atoms with E-state index in [4.69, 9.17) is 4.74 Å². The number of ether oxygens (including phenoxy) is 1. The molecule has 8 nitrogen and oxygen atoms in total. The molecule has 1 aromatic carbocycles. The van der Waals surface area contributed by atoms with Crippen molar-refractivity contribution in [2.75, 3.05) is 25.5 Å². The smallest absolute Gasteiger partial charge is 0.356 e. The highest BCUT2D eigenvalue weighted by molar-refractivity contribution is 5.91. The fourth-order valence-corrected chi connectivity index (χ4v) is 4.29. The number of pyridine rings is 1. The standard InChI is InChI=1S/C25H24F3N5O3/c1-36-24(25(26,27)28,18-7-3-2-4-8-18)23(35)33-14-12-17(16-33)20-10-11-21(32-31-20)30-22(34)15-19-9-5-6-13-29-19/h2-11,13,17H,12,14-16H2,1H3,(H,30,32,34)/t17-,24?/m1/s1. The van der Waals surface area contributed by atoms with Crippen molar-refractivity contribution in [2.45, 2.75) is 30.5 Å². The summed E-state index contributed by atoms with van der Waals surface area (Å²) in [6, 6.07) is 15.4. The van der Waals surface area contributed by atoms with Gasteiger partial charge in [0, 0.05) is 43.6 Å². The number of hydrogen-bond donors (Lipinski definition) is 1. The monoisotopic (exact) mass is 499 g/mol. The molecule has 1 aliphatic rings. The van der Waals surface area contributed by atoms with Crippen LogP contribution >= 0.6 is 0 Å². The third kappa shape index (κ3) is 5.06. The molecule has 0 spiro atoms. The number of halogens is 3. The van der Waals surface area contributed by atoms with Crippen LogP contribution in [0.25, 0.3) is 0 Å². The number of carbonyl (C=O) groups excluding carboxylic acids is 2. The summed E-state index contributed by atoms with van der Waals surface area (Å²) in [5, 5.41) is 10.8. The van der Waals surface area contributed by atoms with Gasteiger partial charge in [-0.3, -0.25) is 14.6 Å². The predicted octanol–water partition coefficient (Wildman–Crippen LogP) is 3.47. The van der Waals surface area contributed by atoms with Crippen molar-refractivity contribution >= 4 is 17.6 Å². The number of anilines is 1. The Morgan fingerprint density at radius 3 is 2.42 bits per heavy atom. The van der Waals surface area contributed by atoms with Gasteiger partial charge in [0.15, 0.2) is 5.82 Å². The molecule has 4 rings (SSSR count). The van der Waals surface area contributed by atoms with Crippen molar-refractivity contribution in [1.82, 2.24) is 20.1 Å². The summed E-state index contributed by atoms with van der Waals surface area (Å²) in [6.45, 7) is 0.148.